The zero-order valence-corrected chi connectivity index (χ0v) is 14.4. The Morgan fingerprint density at radius 2 is 1.95 bits per heavy atom. The first-order valence-electron chi connectivity index (χ1n) is 7.03. The normalized spacial score (nSPS) is 15.7. The smallest absolute Gasteiger partial charge is 0.253 e. The van der Waals surface area contributed by atoms with Crippen molar-refractivity contribution < 1.29 is 9.59 Å². The van der Waals surface area contributed by atoms with Crippen LogP contribution in [0.1, 0.15) is 22.8 Å². The van der Waals surface area contributed by atoms with Crippen LogP contribution in [0.2, 0.25) is 0 Å². The summed E-state index contributed by atoms with van der Waals surface area (Å²) in [5.41, 5.74) is 7.72. The fraction of sp³-hybridized carbons (Fsp3) is 0.467. The van der Waals surface area contributed by atoms with Crippen molar-refractivity contribution in [2.45, 2.75) is 19.9 Å². The minimum atomic E-state index is -0.581. The van der Waals surface area contributed by atoms with E-state index in [4.69, 9.17) is 5.73 Å². The molecule has 2 rings (SSSR count). The molecule has 2 amide bonds. The Bertz CT molecular complexity index is 546. The molecule has 0 spiro atoms. The molecule has 1 aliphatic rings. The quantitative estimate of drug-likeness (QED) is 0.878. The average molecular weight is 344 g/mol. The fourth-order valence-electron chi connectivity index (χ4n) is 2.09. The third kappa shape index (κ3) is 4.63. The maximum atomic E-state index is 12.5. The van der Waals surface area contributed by atoms with Crippen molar-refractivity contribution in [3.8, 4) is 0 Å². The van der Waals surface area contributed by atoms with Gasteiger partial charge in [0.05, 0.1) is 6.04 Å². The number of benzene rings is 1. The van der Waals surface area contributed by atoms with Crippen LogP contribution in [0.25, 0.3) is 0 Å². The zero-order valence-electron chi connectivity index (χ0n) is 12.8. The summed E-state index contributed by atoms with van der Waals surface area (Å²) in [5, 5.41) is 2.77. The molecule has 1 atom stereocenters. The van der Waals surface area contributed by atoms with E-state index in [1.165, 1.54) is 0 Å². The lowest BCUT2D eigenvalue weighted by molar-refractivity contribution is -0.117. The van der Waals surface area contributed by atoms with Crippen molar-refractivity contribution in [3.63, 3.8) is 0 Å². The molecule has 0 aromatic heterocycles. The summed E-state index contributed by atoms with van der Waals surface area (Å²) in [6.07, 6.45) is 0. The Labute approximate surface area is 141 Å². The SMILES string of the molecule is Cc1ccc(C(=O)N2CCSCC2)cc1NC(=O)[C@H](C)N.Cl. The zero-order chi connectivity index (χ0) is 15.4. The third-order valence-corrected chi connectivity index (χ3v) is 4.40. The van der Waals surface area contributed by atoms with Gasteiger partial charge in [0.2, 0.25) is 5.91 Å². The number of halogens is 1. The van der Waals surface area contributed by atoms with Gasteiger partial charge in [0.1, 0.15) is 0 Å². The summed E-state index contributed by atoms with van der Waals surface area (Å²) < 4.78 is 0. The minimum Gasteiger partial charge on any atom is -0.337 e. The van der Waals surface area contributed by atoms with E-state index < -0.39 is 6.04 Å². The van der Waals surface area contributed by atoms with Gasteiger partial charge in [0.25, 0.3) is 5.91 Å². The van der Waals surface area contributed by atoms with E-state index in [1.54, 1.807) is 19.1 Å². The Balaban J connectivity index is 0.00000242. The maximum absolute atomic E-state index is 12.5. The van der Waals surface area contributed by atoms with Gasteiger partial charge in [-0.2, -0.15) is 11.8 Å². The standard InChI is InChI=1S/C15H21N3O2S.ClH/c1-10-3-4-12(9-13(10)17-14(19)11(2)16)15(20)18-5-7-21-8-6-18;/h3-4,9,11H,5-8,16H2,1-2H3,(H,17,19);1H/t11-;/m0./s1. The molecule has 22 heavy (non-hydrogen) atoms. The largest absolute Gasteiger partial charge is 0.337 e. The van der Waals surface area contributed by atoms with Crippen molar-refractivity contribution in [3.05, 3.63) is 29.3 Å². The Kier molecular flexibility index (Phi) is 7.19. The van der Waals surface area contributed by atoms with Crippen LogP contribution < -0.4 is 11.1 Å². The van der Waals surface area contributed by atoms with Gasteiger partial charge in [-0.3, -0.25) is 9.59 Å². The summed E-state index contributed by atoms with van der Waals surface area (Å²) in [4.78, 5) is 26.0. The first-order chi connectivity index (χ1) is 9.99. The summed E-state index contributed by atoms with van der Waals surface area (Å²) in [7, 11) is 0. The third-order valence-electron chi connectivity index (χ3n) is 3.45. The van der Waals surface area contributed by atoms with Gasteiger partial charge in [-0.15, -0.1) is 12.4 Å². The second-order valence-electron chi connectivity index (χ2n) is 5.21. The molecule has 122 valence electrons. The van der Waals surface area contributed by atoms with Crippen LogP contribution in [0.5, 0.6) is 0 Å². The van der Waals surface area contributed by atoms with Gasteiger partial charge in [-0.25, -0.2) is 0 Å². The van der Waals surface area contributed by atoms with Crippen LogP contribution in [0.4, 0.5) is 5.69 Å². The van der Waals surface area contributed by atoms with Crippen molar-refractivity contribution in [1.29, 1.82) is 0 Å². The summed E-state index contributed by atoms with van der Waals surface area (Å²) in [5.74, 6) is 1.72. The maximum Gasteiger partial charge on any atom is 0.253 e. The first-order valence-corrected chi connectivity index (χ1v) is 8.18. The lowest BCUT2D eigenvalue weighted by atomic mass is 10.1. The number of aryl methyl sites for hydroxylation is 1. The number of anilines is 1. The van der Waals surface area contributed by atoms with Crippen LogP contribution in [-0.4, -0.2) is 47.4 Å². The molecule has 3 N–H and O–H groups in total. The molecule has 1 saturated heterocycles. The van der Waals surface area contributed by atoms with Gasteiger partial charge < -0.3 is 16.0 Å². The minimum absolute atomic E-state index is 0. The van der Waals surface area contributed by atoms with E-state index in [-0.39, 0.29) is 24.2 Å². The lowest BCUT2D eigenvalue weighted by Crippen LogP contribution is -2.38. The van der Waals surface area contributed by atoms with Gasteiger partial charge in [-0.05, 0) is 31.5 Å². The van der Waals surface area contributed by atoms with E-state index in [0.29, 0.717) is 11.3 Å². The molecule has 0 unspecified atom stereocenters. The number of amides is 2. The Morgan fingerprint density at radius 1 is 1.32 bits per heavy atom. The molecule has 0 radical (unpaired) electrons. The van der Waals surface area contributed by atoms with Crippen LogP contribution in [0, 0.1) is 6.92 Å². The van der Waals surface area contributed by atoms with Crippen molar-refractivity contribution >= 4 is 41.7 Å². The van der Waals surface area contributed by atoms with Gasteiger partial charge >= 0.3 is 0 Å². The number of rotatable bonds is 3. The van der Waals surface area contributed by atoms with E-state index in [9.17, 15) is 9.59 Å². The van der Waals surface area contributed by atoms with E-state index in [0.717, 1.165) is 30.2 Å². The highest BCUT2D eigenvalue weighted by Crippen LogP contribution is 2.20. The second kappa shape index (κ2) is 8.41. The molecule has 5 nitrogen and oxygen atoms in total. The molecule has 1 heterocycles. The predicted molar refractivity (Wildman–Crippen MR) is 93.9 cm³/mol. The molecule has 1 aliphatic heterocycles. The number of hydrogen-bond donors (Lipinski definition) is 2. The predicted octanol–water partition coefficient (Wildman–Crippen LogP) is 1.89. The molecule has 0 saturated carbocycles. The summed E-state index contributed by atoms with van der Waals surface area (Å²) in [6, 6.07) is 4.81. The van der Waals surface area contributed by atoms with Crippen LogP contribution in [0.15, 0.2) is 18.2 Å². The molecule has 0 bridgehead atoms. The number of nitrogens with two attached hydrogens (primary N) is 1. The average Bonchev–Trinajstić information content (AvgIpc) is 2.49. The molecule has 0 aliphatic carbocycles. The Hall–Kier alpha value is -1.24. The number of nitrogens with one attached hydrogen (secondary N) is 1. The summed E-state index contributed by atoms with van der Waals surface area (Å²) >= 11 is 1.86. The topological polar surface area (TPSA) is 75.4 Å². The van der Waals surface area contributed by atoms with Crippen LogP contribution in [-0.2, 0) is 4.79 Å². The molecule has 7 heteroatoms. The van der Waals surface area contributed by atoms with Crippen molar-refractivity contribution in [1.82, 2.24) is 4.90 Å². The number of carbonyl (C=O) groups is 2. The highest BCUT2D eigenvalue weighted by molar-refractivity contribution is 7.99. The van der Waals surface area contributed by atoms with Crippen molar-refractivity contribution in [2.24, 2.45) is 5.73 Å². The number of carbonyl (C=O) groups excluding carboxylic acids is 2. The lowest BCUT2D eigenvalue weighted by Gasteiger charge is -2.26. The Morgan fingerprint density at radius 3 is 2.55 bits per heavy atom. The highest BCUT2D eigenvalue weighted by atomic mass is 35.5. The summed E-state index contributed by atoms with van der Waals surface area (Å²) in [6.45, 7) is 5.07. The monoisotopic (exact) mass is 343 g/mol. The second-order valence-corrected chi connectivity index (χ2v) is 6.44. The van der Waals surface area contributed by atoms with Crippen molar-refractivity contribution in [2.75, 3.05) is 29.9 Å². The molecular formula is C15H22ClN3O2S. The fourth-order valence-corrected chi connectivity index (χ4v) is 2.99. The molecule has 1 aromatic carbocycles. The van der Waals surface area contributed by atoms with E-state index in [1.807, 2.05) is 29.7 Å². The van der Waals surface area contributed by atoms with Gasteiger partial charge in [0.15, 0.2) is 0 Å². The van der Waals surface area contributed by atoms with Crippen LogP contribution >= 0.6 is 24.2 Å². The van der Waals surface area contributed by atoms with Crippen LogP contribution in [0.3, 0.4) is 0 Å². The van der Waals surface area contributed by atoms with E-state index >= 15 is 0 Å². The van der Waals surface area contributed by atoms with Gasteiger partial charge in [-0.1, -0.05) is 6.07 Å². The first kappa shape index (κ1) is 18.8. The highest BCUT2D eigenvalue weighted by Gasteiger charge is 2.19. The molecule has 1 fully saturated rings. The number of hydrogen-bond acceptors (Lipinski definition) is 4. The molecular weight excluding hydrogens is 322 g/mol. The molecule has 1 aromatic rings. The number of thioether (sulfide) groups is 1. The van der Waals surface area contributed by atoms with Gasteiger partial charge in [0, 0.05) is 35.8 Å². The number of nitrogens with zero attached hydrogens (tertiary/aromatic N) is 1. The van der Waals surface area contributed by atoms with E-state index in [2.05, 4.69) is 5.32 Å².